The number of piperidine rings is 1. The molecule has 0 radical (unpaired) electrons. The van der Waals surface area contributed by atoms with Crippen LogP contribution < -0.4 is 4.90 Å². The standard InChI is InChI=1S/C12H21N3O/c1-10(2)15-8-5-11(13-15)14-7-4-6-12(3,16)9-14/h5,8,10,16H,4,6-7,9H2,1-3H3/t12-/m0/s1. The molecule has 1 aliphatic rings. The minimum absolute atomic E-state index is 0.388. The minimum atomic E-state index is -0.570. The van der Waals surface area contributed by atoms with Crippen LogP contribution in [0.5, 0.6) is 0 Å². The summed E-state index contributed by atoms with van der Waals surface area (Å²) in [4.78, 5) is 2.17. The molecule has 1 saturated heterocycles. The van der Waals surface area contributed by atoms with Crippen molar-refractivity contribution in [2.75, 3.05) is 18.0 Å². The summed E-state index contributed by atoms with van der Waals surface area (Å²) >= 11 is 0. The monoisotopic (exact) mass is 223 g/mol. The number of nitrogens with zero attached hydrogens (tertiary/aromatic N) is 3. The third kappa shape index (κ3) is 2.38. The summed E-state index contributed by atoms with van der Waals surface area (Å²) in [6.45, 7) is 7.80. The van der Waals surface area contributed by atoms with Gasteiger partial charge in [0, 0.05) is 31.4 Å². The second-order valence-electron chi connectivity index (χ2n) is 5.27. The number of hydrogen-bond donors (Lipinski definition) is 1. The molecule has 0 saturated carbocycles. The van der Waals surface area contributed by atoms with Crippen LogP contribution in [0.15, 0.2) is 12.3 Å². The number of aliphatic hydroxyl groups is 1. The Morgan fingerprint density at radius 3 is 2.81 bits per heavy atom. The van der Waals surface area contributed by atoms with Crippen molar-refractivity contribution in [3.63, 3.8) is 0 Å². The van der Waals surface area contributed by atoms with Gasteiger partial charge in [0.15, 0.2) is 5.82 Å². The van der Waals surface area contributed by atoms with Crippen LogP contribution in [0.1, 0.15) is 39.7 Å². The second-order valence-corrected chi connectivity index (χ2v) is 5.27. The predicted octanol–water partition coefficient (Wildman–Crippen LogP) is 1.82. The Hall–Kier alpha value is -1.03. The van der Waals surface area contributed by atoms with E-state index in [1.165, 1.54) is 0 Å². The molecule has 1 N–H and O–H groups in total. The lowest BCUT2D eigenvalue weighted by molar-refractivity contribution is 0.0446. The Morgan fingerprint density at radius 1 is 1.50 bits per heavy atom. The average Bonchev–Trinajstić information content (AvgIpc) is 2.64. The maximum atomic E-state index is 10.0. The third-order valence-corrected chi connectivity index (χ3v) is 3.12. The third-order valence-electron chi connectivity index (χ3n) is 3.12. The van der Waals surface area contributed by atoms with Crippen molar-refractivity contribution in [2.45, 2.75) is 45.3 Å². The second kappa shape index (κ2) is 4.09. The van der Waals surface area contributed by atoms with Gasteiger partial charge in [-0.3, -0.25) is 4.68 Å². The van der Waals surface area contributed by atoms with Crippen LogP contribution in [0.2, 0.25) is 0 Å². The topological polar surface area (TPSA) is 41.3 Å². The van der Waals surface area contributed by atoms with Crippen molar-refractivity contribution < 1.29 is 5.11 Å². The van der Waals surface area contributed by atoms with Gasteiger partial charge in [-0.15, -0.1) is 0 Å². The van der Waals surface area contributed by atoms with Crippen LogP contribution in [0.3, 0.4) is 0 Å². The van der Waals surface area contributed by atoms with Crippen molar-refractivity contribution in [3.05, 3.63) is 12.3 Å². The first-order valence-corrected chi connectivity index (χ1v) is 6.00. The van der Waals surface area contributed by atoms with Crippen molar-refractivity contribution >= 4 is 5.82 Å². The van der Waals surface area contributed by atoms with E-state index in [0.717, 1.165) is 25.2 Å². The zero-order valence-corrected chi connectivity index (χ0v) is 10.3. The molecule has 0 amide bonds. The lowest BCUT2D eigenvalue weighted by atomic mass is 9.95. The van der Waals surface area contributed by atoms with Crippen molar-refractivity contribution in [2.24, 2.45) is 0 Å². The fourth-order valence-corrected chi connectivity index (χ4v) is 2.20. The molecule has 16 heavy (non-hydrogen) atoms. The van der Waals surface area contributed by atoms with Crippen LogP contribution in [0.25, 0.3) is 0 Å². The Labute approximate surface area is 96.9 Å². The molecular formula is C12H21N3O. The van der Waals surface area contributed by atoms with Gasteiger partial charge in [0.25, 0.3) is 0 Å². The van der Waals surface area contributed by atoms with E-state index in [0.29, 0.717) is 12.6 Å². The molecule has 2 rings (SSSR count). The van der Waals surface area contributed by atoms with Crippen molar-refractivity contribution in [1.82, 2.24) is 9.78 Å². The summed E-state index contributed by atoms with van der Waals surface area (Å²) in [5.41, 5.74) is -0.570. The van der Waals surface area contributed by atoms with E-state index < -0.39 is 5.60 Å². The Kier molecular flexibility index (Phi) is 2.93. The summed E-state index contributed by atoms with van der Waals surface area (Å²) in [7, 11) is 0. The molecule has 1 fully saturated rings. The molecule has 0 spiro atoms. The lowest BCUT2D eigenvalue weighted by Gasteiger charge is -2.36. The first kappa shape index (κ1) is 11.5. The Balaban J connectivity index is 2.11. The summed E-state index contributed by atoms with van der Waals surface area (Å²) < 4.78 is 1.96. The van der Waals surface area contributed by atoms with Crippen LogP contribution >= 0.6 is 0 Å². The molecule has 0 aliphatic carbocycles. The van der Waals surface area contributed by atoms with E-state index in [2.05, 4.69) is 23.8 Å². The van der Waals surface area contributed by atoms with Crippen LogP contribution in [0, 0.1) is 0 Å². The lowest BCUT2D eigenvalue weighted by Crippen LogP contribution is -2.46. The molecule has 4 heteroatoms. The largest absolute Gasteiger partial charge is 0.388 e. The maximum absolute atomic E-state index is 10.0. The van der Waals surface area contributed by atoms with Crippen LogP contribution in [-0.2, 0) is 0 Å². The fourth-order valence-electron chi connectivity index (χ4n) is 2.20. The number of hydrogen-bond acceptors (Lipinski definition) is 3. The zero-order chi connectivity index (χ0) is 11.8. The Bertz CT molecular complexity index is 357. The van der Waals surface area contributed by atoms with Gasteiger partial charge in [-0.2, -0.15) is 5.10 Å². The molecule has 0 aromatic carbocycles. The maximum Gasteiger partial charge on any atom is 0.150 e. The van der Waals surface area contributed by atoms with Gasteiger partial charge in [-0.1, -0.05) is 0 Å². The van der Waals surface area contributed by atoms with Gasteiger partial charge in [-0.25, -0.2) is 0 Å². The van der Waals surface area contributed by atoms with Gasteiger partial charge in [0.05, 0.1) is 5.60 Å². The highest BCUT2D eigenvalue weighted by Crippen LogP contribution is 2.24. The van der Waals surface area contributed by atoms with Crippen LogP contribution in [-0.4, -0.2) is 33.6 Å². The molecule has 0 unspecified atom stereocenters. The zero-order valence-electron chi connectivity index (χ0n) is 10.3. The highest BCUT2D eigenvalue weighted by molar-refractivity contribution is 5.38. The van der Waals surface area contributed by atoms with Gasteiger partial charge < -0.3 is 10.0 Å². The minimum Gasteiger partial charge on any atom is -0.388 e. The number of rotatable bonds is 2. The molecule has 1 aromatic rings. The van der Waals surface area contributed by atoms with E-state index >= 15 is 0 Å². The molecule has 4 nitrogen and oxygen atoms in total. The summed E-state index contributed by atoms with van der Waals surface area (Å²) in [5.74, 6) is 0.980. The highest BCUT2D eigenvalue weighted by Gasteiger charge is 2.29. The number of β-amino-alcohol motifs (C(OH)–C–C–N with tert-alkyl or cyclic N) is 1. The molecule has 1 atom stereocenters. The molecule has 2 heterocycles. The van der Waals surface area contributed by atoms with Gasteiger partial charge in [0.1, 0.15) is 0 Å². The molecule has 1 aromatic heterocycles. The van der Waals surface area contributed by atoms with E-state index in [-0.39, 0.29) is 0 Å². The van der Waals surface area contributed by atoms with E-state index in [1.54, 1.807) is 0 Å². The quantitative estimate of drug-likeness (QED) is 0.831. The number of anilines is 1. The van der Waals surface area contributed by atoms with E-state index in [9.17, 15) is 5.11 Å². The molecule has 0 bridgehead atoms. The average molecular weight is 223 g/mol. The van der Waals surface area contributed by atoms with E-state index in [1.807, 2.05) is 23.9 Å². The van der Waals surface area contributed by atoms with E-state index in [4.69, 9.17) is 0 Å². The highest BCUT2D eigenvalue weighted by atomic mass is 16.3. The SMILES string of the molecule is CC(C)n1ccc(N2CCC[C@](C)(O)C2)n1. The first-order valence-electron chi connectivity index (χ1n) is 6.00. The summed E-state index contributed by atoms with van der Waals surface area (Å²) in [6, 6.07) is 2.42. The Morgan fingerprint density at radius 2 is 2.25 bits per heavy atom. The van der Waals surface area contributed by atoms with Gasteiger partial charge >= 0.3 is 0 Å². The predicted molar refractivity (Wildman–Crippen MR) is 64.7 cm³/mol. The van der Waals surface area contributed by atoms with Crippen LogP contribution in [0.4, 0.5) is 5.82 Å². The van der Waals surface area contributed by atoms with Crippen molar-refractivity contribution in [1.29, 1.82) is 0 Å². The summed E-state index contributed by atoms with van der Waals surface area (Å²) in [6.07, 6.45) is 3.92. The van der Waals surface area contributed by atoms with Gasteiger partial charge in [0.2, 0.25) is 0 Å². The number of aromatic nitrogens is 2. The fraction of sp³-hybridized carbons (Fsp3) is 0.750. The summed E-state index contributed by atoms with van der Waals surface area (Å²) in [5, 5.41) is 14.6. The first-order chi connectivity index (χ1) is 7.48. The smallest absolute Gasteiger partial charge is 0.150 e. The van der Waals surface area contributed by atoms with Crippen molar-refractivity contribution in [3.8, 4) is 0 Å². The molecule has 1 aliphatic heterocycles. The molecular weight excluding hydrogens is 202 g/mol. The normalized spacial score (nSPS) is 26.4. The van der Waals surface area contributed by atoms with Gasteiger partial charge in [-0.05, 0) is 33.6 Å². The molecule has 90 valence electrons.